The molecule has 2 fully saturated rings. The van der Waals surface area contributed by atoms with Gasteiger partial charge >= 0.3 is 0 Å². The highest BCUT2D eigenvalue weighted by Crippen LogP contribution is 2.40. The van der Waals surface area contributed by atoms with Gasteiger partial charge in [-0.05, 0) is 79.7 Å². The standard InChI is InChI=1S/C31H43N7O/c1-5-37(17-20-14-26(27(39)15-20)38-11-10-23-29(32)33-18-34-30(23)38)22-12-19(13-22)6-9-28-35-24-8-7-21(31(2,3)4)16-25(24)36-28/h7-8,10-11,16,18-20,22,26-27,39H,5-6,9,12-15,17H2,1-4H3,(H,35,36)(H2,32,33,34)/t19?,20-,22?,26+,27+/m0/s1. The summed E-state index contributed by atoms with van der Waals surface area (Å²) in [6, 6.07) is 9.28. The molecule has 4 N–H and O–H groups in total. The van der Waals surface area contributed by atoms with Crippen molar-refractivity contribution in [1.29, 1.82) is 0 Å². The third-order valence-electron chi connectivity index (χ3n) is 9.30. The number of fused-ring (bicyclic) bond motifs is 2. The molecule has 0 saturated heterocycles. The van der Waals surface area contributed by atoms with Gasteiger partial charge in [-0.2, -0.15) is 0 Å². The fraction of sp³-hybridized carbons (Fsp3) is 0.581. The topological polar surface area (TPSA) is 109 Å². The minimum atomic E-state index is -0.363. The predicted octanol–water partition coefficient (Wildman–Crippen LogP) is 5.23. The Morgan fingerprint density at radius 3 is 2.69 bits per heavy atom. The Balaban J connectivity index is 1.01. The van der Waals surface area contributed by atoms with Crippen molar-refractivity contribution >= 4 is 27.9 Å². The quantitative estimate of drug-likeness (QED) is 0.288. The number of H-pyrrole nitrogens is 1. The molecule has 0 spiro atoms. The van der Waals surface area contributed by atoms with Gasteiger partial charge in [0.05, 0.1) is 28.6 Å². The zero-order valence-electron chi connectivity index (χ0n) is 23.8. The molecule has 8 nitrogen and oxygen atoms in total. The molecule has 6 rings (SSSR count). The number of imidazole rings is 1. The minimum absolute atomic E-state index is 0.0398. The highest BCUT2D eigenvalue weighted by atomic mass is 16.3. The molecule has 0 bridgehead atoms. The summed E-state index contributed by atoms with van der Waals surface area (Å²) in [5, 5.41) is 11.8. The summed E-state index contributed by atoms with van der Waals surface area (Å²) >= 11 is 0. The number of rotatable bonds is 8. The predicted molar refractivity (Wildman–Crippen MR) is 157 cm³/mol. The second kappa shape index (κ2) is 10.2. The van der Waals surface area contributed by atoms with Crippen molar-refractivity contribution < 1.29 is 5.11 Å². The second-order valence-corrected chi connectivity index (χ2v) is 13.0. The molecule has 3 atom stereocenters. The van der Waals surface area contributed by atoms with E-state index < -0.39 is 0 Å². The van der Waals surface area contributed by atoms with E-state index in [0.29, 0.717) is 17.8 Å². The fourth-order valence-electron chi connectivity index (χ4n) is 6.89. The minimum Gasteiger partial charge on any atom is -0.391 e. The second-order valence-electron chi connectivity index (χ2n) is 13.0. The lowest BCUT2D eigenvalue weighted by Crippen LogP contribution is -2.46. The summed E-state index contributed by atoms with van der Waals surface area (Å²) in [4.78, 5) is 19.6. The van der Waals surface area contributed by atoms with Crippen LogP contribution in [0.25, 0.3) is 22.1 Å². The molecule has 3 aromatic heterocycles. The first-order chi connectivity index (χ1) is 18.7. The number of hydrogen-bond acceptors (Lipinski definition) is 6. The van der Waals surface area contributed by atoms with Gasteiger partial charge in [0, 0.05) is 25.2 Å². The zero-order chi connectivity index (χ0) is 27.3. The zero-order valence-corrected chi connectivity index (χ0v) is 23.8. The van der Waals surface area contributed by atoms with Crippen molar-refractivity contribution in [3.05, 3.63) is 48.2 Å². The molecule has 2 saturated carbocycles. The van der Waals surface area contributed by atoms with Gasteiger partial charge in [0.1, 0.15) is 23.6 Å². The van der Waals surface area contributed by atoms with Gasteiger partial charge in [0.25, 0.3) is 0 Å². The van der Waals surface area contributed by atoms with E-state index in [2.05, 4.69) is 70.3 Å². The van der Waals surface area contributed by atoms with Crippen molar-refractivity contribution in [2.75, 3.05) is 18.8 Å². The molecule has 3 heterocycles. The van der Waals surface area contributed by atoms with Gasteiger partial charge in [0.2, 0.25) is 0 Å². The van der Waals surface area contributed by atoms with Gasteiger partial charge in [-0.1, -0.05) is 33.8 Å². The van der Waals surface area contributed by atoms with Crippen LogP contribution in [-0.4, -0.2) is 59.7 Å². The van der Waals surface area contributed by atoms with E-state index in [9.17, 15) is 5.11 Å². The summed E-state index contributed by atoms with van der Waals surface area (Å²) < 4.78 is 2.11. The van der Waals surface area contributed by atoms with E-state index in [1.54, 1.807) is 0 Å². The normalized spacial score (nSPS) is 25.6. The molecule has 208 valence electrons. The van der Waals surface area contributed by atoms with Gasteiger partial charge in [-0.3, -0.25) is 0 Å². The molecular formula is C31H43N7O. The van der Waals surface area contributed by atoms with E-state index >= 15 is 0 Å². The van der Waals surface area contributed by atoms with Crippen LogP contribution in [0.5, 0.6) is 0 Å². The molecule has 0 aliphatic heterocycles. The van der Waals surface area contributed by atoms with Crippen molar-refractivity contribution in [3.8, 4) is 0 Å². The Kier molecular flexibility index (Phi) is 6.88. The van der Waals surface area contributed by atoms with Crippen LogP contribution >= 0.6 is 0 Å². The summed E-state index contributed by atoms with van der Waals surface area (Å²) in [6.45, 7) is 11.1. The molecule has 0 amide bonds. The molecule has 1 aromatic carbocycles. The Morgan fingerprint density at radius 1 is 1.10 bits per heavy atom. The molecule has 2 aliphatic rings. The Bertz CT molecular complexity index is 1440. The Labute approximate surface area is 231 Å². The maximum Gasteiger partial charge on any atom is 0.145 e. The molecule has 39 heavy (non-hydrogen) atoms. The summed E-state index contributed by atoms with van der Waals surface area (Å²) in [5.74, 6) is 2.85. The largest absolute Gasteiger partial charge is 0.391 e. The smallest absolute Gasteiger partial charge is 0.145 e. The SMILES string of the molecule is CCN(C[C@@H]1C[C@@H](O)[C@H](n2ccc3c(N)ncnc32)C1)C1CC(CCc2nc3ccc(C(C)(C)C)cc3[nH]2)C1. The number of nitrogens with one attached hydrogen (secondary N) is 1. The average Bonchev–Trinajstić information content (AvgIpc) is 3.57. The van der Waals surface area contributed by atoms with Gasteiger partial charge < -0.3 is 25.3 Å². The maximum atomic E-state index is 11.0. The van der Waals surface area contributed by atoms with E-state index in [1.807, 2.05) is 12.3 Å². The van der Waals surface area contributed by atoms with E-state index in [1.165, 1.54) is 31.2 Å². The lowest BCUT2D eigenvalue weighted by molar-refractivity contribution is 0.0631. The van der Waals surface area contributed by atoms with Crippen molar-refractivity contribution in [1.82, 2.24) is 29.4 Å². The lowest BCUT2D eigenvalue weighted by Gasteiger charge is -2.43. The number of aromatic nitrogens is 5. The molecule has 4 aromatic rings. The number of benzene rings is 1. The Hall–Kier alpha value is -2.97. The van der Waals surface area contributed by atoms with Crippen LogP contribution in [0.2, 0.25) is 0 Å². The van der Waals surface area contributed by atoms with Gasteiger partial charge in [0.15, 0.2) is 0 Å². The van der Waals surface area contributed by atoms with Crippen molar-refractivity contribution in [2.45, 2.75) is 89.8 Å². The summed E-state index contributed by atoms with van der Waals surface area (Å²) in [7, 11) is 0. The molecular weight excluding hydrogens is 486 g/mol. The molecule has 2 aliphatic carbocycles. The number of aryl methyl sites for hydroxylation is 1. The van der Waals surface area contributed by atoms with E-state index in [0.717, 1.165) is 66.2 Å². The first-order valence-corrected chi connectivity index (χ1v) is 14.7. The maximum absolute atomic E-state index is 11.0. The van der Waals surface area contributed by atoms with E-state index in [-0.39, 0.29) is 17.6 Å². The van der Waals surface area contributed by atoms with Crippen LogP contribution in [0.1, 0.15) is 77.2 Å². The van der Waals surface area contributed by atoms with E-state index in [4.69, 9.17) is 10.7 Å². The number of aromatic amines is 1. The highest BCUT2D eigenvalue weighted by Gasteiger charge is 2.39. The van der Waals surface area contributed by atoms with Crippen molar-refractivity contribution in [2.24, 2.45) is 11.8 Å². The number of nitrogen functional groups attached to an aromatic ring is 1. The number of hydrogen-bond donors (Lipinski definition) is 3. The van der Waals surface area contributed by atoms with Crippen LogP contribution in [0, 0.1) is 11.8 Å². The number of nitrogens with two attached hydrogens (primary N) is 1. The van der Waals surface area contributed by atoms with Crippen LogP contribution in [0.3, 0.4) is 0 Å². The third-order valence-corrected chi connectivity index (χ3v) is 9.30. The lowest BCUT2D eigenvalue weighted by atomic mass is 9.76. The number of aliphatic hydroxyl groups excluding tert-OH is 1. The highest BCUT2D eigenvalue weighted by molar-refractivity contribution is 5.86. The number of nitrogens with zero attached hydrogens (tertiary/aromatic N) is 5. The van der Waals surface area contributed by atoms with Crippen LogP contribution in [0.15, 0.2) is 36.8 Å². The third kappa shape index (κ3) is 5.16. The molecule has 8 heteroatoms. The average molecular weight is 530 g/mol. The summed E-state index contributed by atoms with van der Waals surface area (Å²) in [5.41, 5.74) is 10.6. The number of anilines is 1. The summed E-state index contributed by atoms with van der Waals surface area (Å²) in [6.07, 6.45) is 9.68. The first kappa shape index (κ1) is 26.3. The monoisotopic (exact) mass is 529 g/mol. The van der Waals surface area contributed by atoms with Gasteiger partial charge in [-0.25, -0.2) is 15.0 Å². The van der Waals surface area contributed by atoms with Crippen LogP contribution in [-0.2, 0) is 11.8 Å². The fourth-order valence-corrected chi connectivity index (χ4v) is 6.89. The molecule has 0 radical (unpaired) electrons. The van der Waals surface area contributed by atoms with Gasteiger partial charge in [-0.15, -0.1) is 0 Å². The van der Waals surface area contributed by atoms with Crippen LogP contribution < -0.4 is 5.73 Å². The van der Waals surface area contributed by atoms with Crippen LogP contribution in [0.4, 0.5) is 5.82 Å². The Morgan fingerprint density at radius 2 is 1.92 bits per heavy atom. The number of aliphatic hydroxyl groups is 1. The first-order valence-electron chi connectivity index (χ1n) is 14.7. The molecule has 0 unspecified atom stereocenters. The van der Waals surface area contributed by atoms with Crippen molar-refractivity contribution in [3.63, 3.8) is 0 Å².